The zero-order valence-electron chi connectivity index (χ0n) is 12.4. The molecule has 0 aromatic heterocycles. The molecule has 0 saturated carbocycles. The van der Waals surface area contributed by atoms with Crippen LogP contribution in [0.4, 0.5) is 0 Å². The maximum Gasteiger partial charge on any atom is 1.00 e. The van der Waals surface area contributed by atoms with E-state index in [1.54, 1.807) is 0 Å². The predicted molar refractivity (Wildman–Crippen MR) is 73.6 cm³/mol. The van der Waals surface area contributed by atoms with E-state index in [2.05, 4.69) is 13.8 Å². The van der Waals surface area contributed by atoms with Gasteiger partial charge in [-0.05, 0) is 18.0 Å². The van der Waals surface area contributed by atoms with Gasteiger partial charge in [-0.25, -0.2) is 0 Å². The summed E-state index contributed by atoms with van der Waals surface area (Å²) in [5, 5.41) is 0.678. The van der Waals surface area contributed by atoms with Crippen molar-refractivity contribution in [2.24, 2.45) is 0 Å². The topological polar surface area (TPSA) is 41.5 Å². The molecule has 0 amide bonds. The summed E-state index contributed by atoms with van der Waals surface area (Å²) < 4.78 is 11.1. The normalized spacial score (nSPS) is 11.1. The Morgan fingerprint density at radius 3 is 1.84 bits per heavy atom. The van der Waals surface area contributed by atoms with Crippen molar-refractivity contribution in [2.75, 3.05) is 13.2 Å². The second kappa shape index (κ2) is 11.0. The molecule has 1 aromatic rings. The monoisotopic (exact) mass is 290 g/mol. The van der Waals surface area contributed by atoms with Gasteiger partial charge in [-0.1, -0.05) is 57.0 Å². The van der Waals surface area contributed by atoms with Crippen molar-refractivity contribution in [1.29, 1.82) is 0 Å². The van der Waals surface area contributed by atoms with Crippen molar-refractivity contribution in [3.8, 4) is 0 Å². The Morgan fingerprint density at radius 2 is 1.42 bits per heavy atom. The molecule has 0 aliphatic carbocycles. The number of rotatable bonds is 9. The van der Waals surface area contributed by atoms with Crippen molar-refractivity contribution in [3.05, 3.63) is 30.3 Å². The maximum atomic E-state index is 12.7. The van der Waals surface area contributed by atoms with Gasteiger partial charge in [-0.15, -0.1) is 0 Å². The summed E-state index contributed by atoms with van der Waals surface area (Å²) in [5.74, 6) is 0. The summed E-state index contributed by atoms with van der Waals surface area (Å²) in [5.41, 5.74) is 0. The van der Waals surface area contributed by atoms with Crippen molar-refractivity contribution in [1.82, 2.24) is 0 Å². The molecule has 0 atom stereocenters. The van der Waals surface area contributed by atoms with Gasteiger partial charge in [0.05, 0.1) is 0 Å². The third kappa shape index (κ3) is 7.04. The third-order valence-electron chi connectivity index (χ3n) is 2.71. The van der Waals surface area contributed by atoms with Crippen molar-refractivity contribution < 1.29 is 43.2 Å². The van der Waals surface area contributed by atoms with Crippen LogP contribution in [0.15, 0.2) is 30.3 Å². The SMILES string of the molecule is CCCCO[Si]([O-])(OCCCC)c1ccccc1.[Na+]. The Morgan fingerprint density at radius 1 is 0.947 bits per heavy atom. The summed E-state index contributed by atoms with van der Waals surface area (Å²) in [6, 6.07) is 9.26. The molecule has 0 unspecified atom stereocenters. The first-order chi connectivity index (χ1) is 8.73. The average molecular weight is 290 g/mol. The summed E-state index contributed by atoms with van der Waals surface area (Å²) >= 11 is 0. The van der Waals surface area contributed by atoms with Crippen LogP contribution in [0.5, 0.6) is 0 Å². The zero-order valence-corrected chi connectivity index (χ0v) is 15.4. The van der Waals surface area contributed by atoms with Crippen LogP contribution in [0.1, 0.15) is 39.5 Å². The first-order valence-corrected chi connectivity index (χ1v) is 8.49. The van der Waals surface area contributed by atoms with Crippen molar-refractivity contribution >= 4 is 14.0 Å². The van der Waals surface area contributed by atoms with Crippen LogP contribution in [0.2, 0.25) is 0 Å². The fourth-order valence-electron chi connectivity index (χ4n) is 1.55. The van der Waals surface area contributed by atoms with Gasteiger partial charge in [-0.3, -0.25) is 0 Å². The van der Waals surface area contributed by atoms with Gasteiger partial charge >= 0.3 is 29.6 Å². The van der Waals surface area contributed by atoms with E-state index in [4.69, 9.17) is 8.85 Å². The molecule has 1 rings (SSSR count). The molecule has 0 spiro atoms. The number of hydrogen-bond acceptors (Lipinski definition) is 3. The van der Waals surface area contributed by atoms with Gasteiger partial charge in [0.25, 0.3) is 8.80 Å². The van der Waals surface area contributed by atoms with E-state index in [-0.39, 0.29) is 29.6 Å². The molecule has 102 valence electrons. The van der Waals surface area contributed by atoms with E-state index in [0.717, 1.165) is 25.7 Å². The Labute approximate surface area is 140 Å². The minimum atomic E-state index is -3.45. The largest absolute Gasteiger partial charge is 1.00 e. The molecular formula is C14H23NaO3Si. The van der Waals surface area contributed by atoms with E-state index in [1.165, 1.54) is 0 Å². The zero-order chi connectivity index (χ0) is 13.3. The molecule has 0 heterocycles. The van der Waals surface area contributed by atoms with E-state index < -0.39 is 8.80 Å². The molecule has 19 heavy (non-hydrogen) atoms. The molecule has 5 heteroatoms. The van der Waals surface area contributed by atoms with Gasteiger partial charge in [0.2, 0.25) is 0 Å². The summed E-state index contributed by atoms with van der Waals surface area (Å²) in [6.07, 6.45) is 3.85. The minimum Gasteiger partial charge on any atom is -0.813 e. The minimum absolute atomic E-state index is 0. The molecule has 0 bridgehead atoms. The molecule has 1 aromatic carbocycles. The first kappa shape index (κ1) is 19.3. The van der Waals surface area contributed by atoms with Gasteiger partial charge in [0.15, 0.2) is 0 Å². The molecule has 0 saturated heterocycles. The molecule has 0 radical (unpaired) electrons. The van der Waals surface area contributed by atoms with Gasteiger partial charge < -0.3 is 13.6 Å². The quantitative estimate of drug-likeness (QED) is 0.425. The van der Waals surface area contributed by atoms with Crippen molar-refractivity contribution in [2.45, 2.75) is 39.5 Å². The molecule has 3 nitrogen and oxygen atoms in total. The second-order valence-corrected chi connectivity index (χ2v) is 6.59. The van der Waals surface area contributed by atoms with E-state index in [9.17, 15) is 4.80 Å². The predicted octanol–water partition coefficient (Wildman–Crippen LogP) is -1.17. The van der Waals surface area contributed by atoms with Crippen LogP contribution >= 0.6 is 0 Å². The Bertz CT molecular complexity index is 312. The van der Waals surface area contributed by atoms with E-state index in [0.29, 0.717) is 18.4 Å². The summed E-state index contributed by atoms with van der Waals surface area (Å²) in [7, 11) is -3.45. The van der Waals surface area contributed by atoms with Gasteiger partial charge in [0.1, 0.15) is 0 Å². The summed E-state index contributed by atoms with van der Waals surface area (Å²) in [4.78, 5) is 12.7. The Hall–Kier alpha value is 0.317. The standard InChI is InChI=1S/C14H23O3Si.Na/c1-3-5-12-16-18(15,17-13-6-4-2)14-10-8-7-9-11-14;/h7-11H,3-6,12-13H2,1-2H3;/q-1;+1. The smallest absolute Gasteiger partial charge is 0.813 e. The fourth-order valence-corrected chi connectivity index (χ4v) is 3.40. The van der Waals surface area contributed by atoms with Crippen LogP contribution in [-0.2, 0) is 8.85 Å². The fraction of sp³-hybridized carbons (Fsp3) is 0.571. The number of hydrogen-bond donors (Lipinski definition) is 0. The van der Waals surface area contributed by atoms with Crippen LogP contribution in [-0.4, -0.2) is 22.0 Å². The van der Waals surface area contributed by atoms with Gasteiger partial charge in [0, 0.05) is 13.2 Å². The molecule has 0 aliphatic rings. The van der Waals surface area contributed by atoms with Crippen LogP contribution in [0.25, 0.3) is 0 Å². The van der Waals surface area contributed by atoms with Crippen LogP contribution in [0.3, 0.4) is 0 Å². The van der Waals surface area contributed by atoms with Gasteiger partial charge in [-0.2, -0.15) is 0 Å². The number of unbranched alkanes of at least 4 members (excludes halogenated alkanes) is 2. The Kier molecular flexibility index (Phi) is 11.2. The van der Waals surface area contributed by atoms with E-state index >= 15 is 0 Å². The summed E-state index contributed by atoms with van der Waals surface area (Å²) in [6.45, 7) is 5.15. The molecule has 0 N–H and O–H groups in total. The van der Waals surface area contributed by atoms with E-state index in [1.807, 2.05) is 30.3 Å². The number of benzene rings is 1. The maximum absolute atomic E-state index is 12.7. The molecule has 0 aliphatic heterocycles. The Balaban J connectivity index is 0.00000324. The third-order valence-corrected chi connectivity index (χ3v) is 4.92. The molecular weight excluding hydrogens is 267 g/mol. The first-order valence-electron chi connectivity index (χ1n) is 6.76. The average Bonchev–Trinajstić information content (AvgIpc) is 2.40. The molecule has 0 fully saturated rings. The van der Waals surface area contributed by atoms with Crippen LogP contribution in [0, 0.1) is 0 Å². The van der Waals surface area contributed by atoms with Crippen molar-refractivity contribution in [3.63, 3.8) is 0 Å². The second-order valence-electron chi connectivity index (χ2n) is 4.33. The van der Waals surface area contributed by atoms with Crippen LogP contribution < -0.4 is 39.5 Å².